The molecule has 2 atom stereocenters. The fourth-order valence-corrected chi connectivity index (χ4v) is 3.10. The fraction of sp³-hybridized carbons (Fsp3) is 0.526. The molecule has 0 bridgehead atoms. The molecule has 2 aliphatic rings. The third-order valence-corrected chi connectivity index (χ3v) is 5.02. The number of esters is 1. The molecule has 2 fully saturated rings. The molecule has 3 rings (SSSR count). The van der Waals surface area contributed by atoms with Crippen molar-refractivity contribution >= 4 is 23.3 Å². The van der Waals surface area contributed by atoms with Gasteiger partial charge in [-0.05, 0) is 43.5 Å². The highest BCUT2D eigenvalue weighted by molar-refractivity contribution is 5.94. The zero-order valence-electron chi connectivity index (χ0n) is 14.7. The lowest BCUT2D eigenvalue weighted by Gasteiger charge is -2.36. The van der Waals surface area contributed by atoms with Crippen molar-refractivity contribution in [3.63, 3.8) is 0 Å². The Bertz CT molecular complexity index is 663. The predicted octanol–water partition coefficient (Wildman–Crippen LogP) is 1.74. The number of ketones is 1. The molecule has 134 valence electrons. The molecule has 0 aromatic heterocycles. The van der Waals surface area contributed by atoms with Crippen LogP contribution in [0.3, 0.4) is 0 Å². The Kier molecular flexibility index (Phi) is 5.06. The molecule has 6 heteroatoms. The van der Waals surface area contributed by atoms with Gasteiger partial charge >= 0.3 is 5.97 Å². The number of carbonyl (C=O) groups excluding carboxylic acids is 3. The maximum Gasteiger partial charge on any atom is 0.309 e. The van der Waals surface area contributed by atoms with E-state index in [-0.39, 0.29) is 30.2 Å². The van der Waals surface area contributed by atoms with Gasteiger partial charge < -0.3 is 14.5 Å². The molecule has 1 amide bonds. The highest BCUT2D eigenvalue weighted by Crippen LogP contribution is 2.38. The van der Waals surface area contributed by atoms with E-state index in [1.807, 2.05) is 31.2 Å². The first-order chi connectivity index (χ1) is 12.0. The van der Waals surface area contributed by atoms with Gasteiger partial charge in [0.1, 0.15) is 0 Å². The molecule has 2 unspecified atom stereocenters. The Morgan fingerprint density at radius 2 is 1.68 bits per heavy atom. The van der Waals surface area contributed by atoms with Crippen molar-refractivity contribution in [2.75, 3.05) is 37.7 Å². The van der Waals surface area contributed by atoms with Gasteiger partial charge in [0.05, 0.1) is 5.92 Å². The van der Waals surface area contributed by atoms with Gasteiger partial charge in [-0.2, -0.15) is 0 Å². The first-order valence-corrected chi connectivity index (χ1v) is 8.76. The van der Waals surface area contributed by atoms with Gasteiger partial charge in [0.15, 0.2) is 12.4 Å². The summed E-state index contributed by atoms with van der Waals surface area (Å²) in [6.45, 7) is 6.05. The van der Waals surface area contributed by atoms with Crippen molar-refractivity contribution in [2.24, 2.45) is 11.8 Å². The van der Waals surface area contributed by atoms with Crippen molar-refractivity contribution in [3.05, 3.63) is 29.8 Å². The summed E-state index contributed by atoms with van der Waals surface area (Å²) < 4.78 is 5.12. The number of amides is 1. The number of rotatable bonds is 5. The van der Waals surface area contributed by atoms with Gasteiger partial charge in [0.2, 0.25) is 0 Å². The number of piperazine rings is 1. The molecular weight excluding hydrogens is 320 g/mol. The largest absolute Gasteiger partial charge is 0.455 e. The number of Topliss-reactive ketones (excluding diaryl/α,β-unsaturated/α-hetero) is 1. The van der Waals surface area contributed by atoms with Crippen LogP contribution in [-0.2, 0) is 14.3 Å². The molecular formula is C19H24N2O4. The Morgan fingerprint density at radius 1 is 1.08 bits per heavy atom. The van der Waals surface area contributed by atoms with Gasteiger partial charge in [-0.15, -0.1) is 0 Å². The Morgan fingerprint density at radius 3 is 2.20 bits per heavy atom. The number of nitrogens with zero attached hydrogens (tertiary/aromatic N) is 2. The first-order valence-electron chi connectivity index (χ1n) is 8.76. The van der Waals surface area contributed by atoms with Crippen LogP contribution in [0.4, 0.5) is 5.69 Å². The summed E-state index contributed by atoms with van der Waals surface area (Å²) in [5.41, 5.74) is 1.75. The second-order valence-corrected chi connectivity index (χ2v) is 6.90. The normalized spacial score (nSPS) is 22.5. The van der Waals surface area contributed by atoms with Crippen LogP contribution in [0, 0.1) is 11.8 Å². The van der Waals surface area contributed by atoms with Crippen LogP contribution in [0.1, 0.15) is 30.6 Å². The summed E-state index contributed by atoms with van der Waals surface area (Å²) in [7, 11) is 0. The molecule has 1 aliphatic heterocycles. The summed E-state index contributed by atoms with van der Waals surface area (Å²) >= 11 is 0. The van der Waals surface area contributed by atoms with Gasteiger partial charge in [0, 0.05) is 37.4 Å². The summed E-state index contributed by atoms with van der Waals surface area (Å²) in [6.07, 6.45) is 0.869. The maximum absolute atomic E-state index is 12.2. The smallest absolute Gasteiger partial charge is 0.309 e. The summed E-state index contributed by atoms with van der Waals surface area (Å²) in [5, 5.41) is 0. The van der Waals surface area contributed by atoms with Crippen LogP contribution in [-0.4, -0.2) is 55.3 Å². The topological polar surface area (TPSA) is 66.9 Å². The van der Waals surface area contributed by atoms with Gasteiger partial charge in [-0.3, -0.25) is 14.4 Å². The molecule has 0 radical (unpaired) electrons. The molecule has 1 aromatic carbocycles. The lowest BCUT2D eigenvalue weighted by Crippen LogP contribution is -2.50. The average Bonchev–Trinajstić information content (AvgIpc) is 3.36. The van der Waals surface area contributed by atoms with Crippen LogP contribution >= 0.6 is 0 Å². The Balaban J connectivity index is 1.45. The van der Waals surface area contributed by atoms with E-state index in [1.54, 1.807) is 11.8 Å². The van der Waals surface area contributed by atoms with E-state index < -0.39 is 0 Å². The van der Waals surface area contributed by atoms with Crippen LogP contribution in [0.5, 0.6) is 0 Å². The summed E-state index contributed by atoms with van der Waals surface area (Å²) in [4.78, 5) is 39.1. The fourth-order valence-electron chi connectivity index (χ4n) is 3.10. The van der Waals surface area contributed by atoms with E-state index >= 15 is 0 Å². The summed E-state index contributed by atoms with van der Waals surface area (Å²) in [5.74, 6) is 0.0542. The second-order valence-electron chi connectivity index (χ2n) is 6.90. The molecule has 1 aromatic rings. The zero-order chi connectivity index (χ0) is 18.0. The van der Waals surface area contributed by atoms with E-state index in [4.69, 9.17) is 4.74 Å². The molecule has 6 nitrogen and oxygen atoms in total. The average molecular weight is 344 g/mol. The van der Waals surface area contributed by atoms with Gasteiger partial charge in [0.25, 0.3) is 5.91 Å². The second kappa shape index (κ2) is 7.25. The monoisotopic (exact) mass is 344 g/mol. The minimum atomic E-state index is -0.245. The van der Waals surface area contributed by atoms with Gasteiger partial charge in [-0.1, -0.05) is 6.92 Å². The Labute approximate surface area is 147 Å². The molecule has 0 spiro atoms. The SMILES string of the molecule is CC(=O)c1ccc(N2CCN(C(=O)COC(=O)C3CC3C)CC2)cc1. The quantitative estimate of drug-likeness (QED) is 0.601. The van der Waals surface area contributed by atoms with E-state index in [2.05, 4.69) is 4.90 Å². The number of hydrogen-bond acceptors (Lipinski definition) is 5. The van der Waals surface area contributed by atoms with E-state index in [0.29, 0.717) is 24.6 Å². The third kappa shape index (κ3) is 4.18. The molecule has 1 heterocycles. The highest BCUT2D eigenvalue weighted by Gasteiger charge is 2.40. The lowest BCUT2D eigenvalue weighted by molar-refractivity contribution is -0.153. The summed E-state index contributed by atoms with van der Waals surface area (Å²) in [6, 6.07) is 7.53. The number of carbonyl (C=O) groups is 3. The standard InChI is InChI=1S/C19H24N2O4/c1-13-11-17(13)19(24)25-12-18(23)21-9-7-20(8-10-21)16-5-3-15(4-6-16)14(2)22/h3-6,13,17H,7-12H2,1-2H3. The number of benzene rings is 1. The predicted molar refractivity (Wildman–Crippen MR) is 93.5 cm³/mol. The van der Waals surface area contributed by atoms with Crippen molar-refractivity contribution in [1.29, 1.82) is 0 Å². The number of hydrogen-bond donors (Lipinski definition) is 0. The van der Waals surface area contributed by atoms with Crippen LogP contribution in [0.2, 0.25) is 0 Å². The number of anilines is 1. The maximum atomic E-state index is 12.2. The van der Waals surface area contributed by atoms with E-state index in [9.17, 15) is 14.4 Å². The highest BCUT2D eigenvalue weighted by atomic mass is 16.5. The van der Waals surface area contributed by atoms with Gasteiger partial charge in [-0.25, -0.2) is 0 Å². The van der Waals surface area contributed by atoms with Crippen molar-refractivity contribution in [1.82, 2.24) is 4.90 Å². The minimum Gasteiger partial charge on any atom is -0.455 e. The van der Waals surface area contributed by atoms with E-state index in [1.165, 1.54) is 0 Å². The van der Waals surface area contributed by atoms with Crippen LogP contribution in [0.15, 0.2) is 24.3 Å². The Hall–Kier alpha value is -2.37. The van der Waals surface area contributed by atoms with Crippen LogP contribution < -0.4 is 4.90 Å². The van der Waals surface area contributed by atoms with Crippen molar-refractivity contribution < 1.29 is 19.1 Å². The molecule has 1 aliphatic carbocycles. The minimum absolute atomic E-state index is 0.0115. The van der Waals surface area contributed by atoms with Crippen molar-refractivity contribution in [2.45, 2.75) is 20.3 Å². The molecule has 25 heavy (non-hydrogen) atoms. The van der Waals surface area contributed by atoms with Crippen LogP contribution in [0.25, 0.3) is 0 Å². The molecule has 0 N–H and O–H groups in total. The third-order valence-electron chi connectivity index (χ3n) is 5.02. The van der Waals surface area contributed by atoms with E-state index in [0.717, 1.165) is 25.2 Å². The lowest BCUT2D eigenvalue weighted by atomic mass is 10.1. The molecule has 1 saturated carbocycles. The first kappa shape index (κ1) is 17.5. The zero-order valence-corrected chi connectivity index (χ0v) is 14.7. The number of ether oxygens (including phenoxy) is 1. The molecule has 1 saturated heterocycles. The van der Waals surface area contributed by atoms with Crippen molar-refractivity contribution in [3.8, 4) is 0 Å².